The molecule has 0 aliphatic heterocycles. The Morgan fingerprint density at radius 2 is 1.00 bits per heavy atom. The second-order valence-corrected chi connectivity index (χ2v) is 1.22. The molecule has 0 aromatic rings. The predicted molar refractivity (Wildman–Crippen MR) is 16.2 cm³/mol. The number of halogens is 1. The van der Waals surface area contributed by atoms with E-state index in [1.807, 2.05) is 0 Å². The quantitative estimate of drug-likeness (QED) is 0.222. The second kappa shape index (κ2) is 13.5. The molecule has 0 N–H and O–H groups in total. The third-order valence-electron chi connectivity index (χ3n) is 0. The fourth-order valence-electron chi connectivity index (χ4n) is 0. The van der Waals surface area contributed by atoms with Gasteiger partial charge in [0.2, 0.25) is 0 Å². The summed E-state index contributed by atoms with van der Waals surface area (Å²) in [5.74, 6) is 0. The van der Waals surface area contributed by atoms with Crippen LogP contribution in [-0.4, -0.2) is 40.6 Å². The fraction of sp³-hybridized carbons (Fsp3) is 0. The van der Waals surface area contributed by atoms with Gasteiger partial charge in [0.25, 0.3) is 0 Å². The van der Waals surface area contributed by atoms with Gasteiger partial charge in [-0.2, -0.15) is 0 Å². The van der Waals surface area contributed by atoms with Gasteiger partial charge >= 0.3 is 82.2 Å². The van der Waals surface area contributed by atoms with E-state index in [1.165, 1.54) is 0 Å². The van der Waals surface area contributed by atoms with Crippen LogP contribution in [0.15, 0.2) is 0 Å². The van der Waals surface area contributed by atoms with Crippen molar-refractivity contribution >= 4 is 33.5 Å². The van der Waals surface area contributed by atoms with Gasteiger partial charge in [-0.15, -0.1) is 0 Å². The van der Waals surface area contributed by atoms with E-state index in [2.05, 4.69) is 0 Å². The van der Waals surface area contributed by atoms with Crippen molar-refractivity contribution in [3.8, 4) is 0 Å². The molecule has 0 aliphatic carbocycles. The van der Waals surface area contributed by atoms with Crippen molar-refractivity contribution in [3.63, 3.8) is 0 Å². The molecule has 0 aromatic carbocycles. The van der Waals surface area contributed by atoms with Crippen molar-refractivity contribution < 1.29 is 89.0 Å². The molecule has 9 heavy (non-hydrogen) atoms. The van der Waals surface area contributed by atoms with Crippen LogP contribution in [-0.2, 0) is 10.4 Å². The number of hydrogen-bond acceptors (Lipinski definition) is 4. The van der Waals surface area contributed by atoms with Gasteiger partial charge in [0, 0.05) is 10.4 Å². The van der Waals surface area contributed by atoms with Gasteiger partial charge in [-0.3, -0.25) is 8.42 Å². The summed E-state index contributed by atoms with van der Waals surface area (Å²) in [5.41, 5.74) is 0. The molecular formula is ClMgNa2O4S+. The van der Waals surface area contributed by atoms with Crippen LogP contribution >= 0.6 is 0 Å². The van der Waals surface area contributed by atoms with Crippen LogP contribution in [0.5, 0.6) is 0 Å². The molecule has 0 unspecified atom stereocenters. The summed E-state index contributed by atoms with van der Waals surface area (Å²) in [7, 11) is -5.17. The molecule has 0 bridgehead atoms. The molecule has 0 amide bonds. The third kappa shape index (κ3) is 102. The first-order valence-corrected chi connectivity index (χ1v) is 2.00. The minimum absolute atomic E-state index is 0. The van der Waals surface area contributed by atoms with E-state index in [0.29, 0.717) is 0 Å². The maximum absolute atomic E-state index is 8.52. The van der Waals surface area contributed by atoms with Crippen LogP contribution in [0.3, 0.4) is 0 Å². The summed E-state index contributed by atoms with van der Waals surface area (Å²) in [4.78, 5) is 0. The van der Waals surface area contributed by atoms with Crippen molar-refractivity contribution in [1.29, 1.82) is 0 Å². The SMILES string of the molecule is O=S(=O)([O-])[O-].[Cl-].[Mg+2].[Na+].[Na+]. The van der Waals surface area contributed by atoms with E-state index >= 15 is 0 Å². The average Bonchev–Trinajstić information content (AvgIpc) is 0.722. The normalized spacial score (nSPS) is 6.44. The van der Waals surface area contributed by atoms with E-state index < -0.39 is 10.4 Å². The first kappa shape index (κ1) is 29.7. The van der Waals surface area contributed by atoms with Crippen LogP contribution in [0.4, 0.5) is 0 Å². The van der Waals surface area contributed by atoms with Crippen molar-refractivity contribution in [1.82, 2.24) is 0 Å². The van der Waals surface area contributed by atoms with Crippen LogP contribution in [0.2, 0.25) is 0 Å². The Labute approximate surface area is 120 Å². The Balaban J connectivity index is -0.0000000133. The van der Waals surface area contributed by atoms with E-state index in [-0.39, 0.29) is 94.6 Å². The molecule has 0 fully saturated rings. The van der Waals surface area contributed by atoms with Gasteiger partial charge in [-0.1, -0.05) is 0 Å². The zero-order valence-electron chi connectivity index (χ0n) is 5.13. The van der Waals surface area contributed by atoms with Gasteiger partial charge in [-0.25, -0.2) is 0 Å². The summed E-state index contributed by atoms with van der Waals surface area (Å²) >= 11 is 0. The van der Waals surface area contributed by atoms with E-state index in [1.54, 1.807) is 0 Å². The molecule has 0 radical (unpaired) electrons. The van der Waals surface area contributed by atoms with Crippen molar-refractivity contribution in [3.05, 3.63) is 0 Å². The molecule has 0 spiro atoms. The summed E-state index contributed by atoms with van der Waals surface area (Å²) < 4.78 is 34.1. The van der Waals surface area contributed by atoms with Crippen LogP contribution in [0.1, 0.15) is 0 Å². The van der Waals surface area contributed by atoms with Crippen molar-refractivity contribution in [2.45, 2.75) is 0 Å². The van der Waals surface area contributed by atoms with Gasteiger partial charge in [-0.05, 0) is 0 Å². The van der Waals surface area contributed by atoms with Gasteiger partial charge in [0.05, 0.1) is 0 Å². The van der Waals surface area contributed by atoms with Crippen molar-refractivity contribution in [2.24, 2.45) is 0 Å². The standard InChI is InChI=1S/ClH.Mg.2Na.H2O4S/c;;;;1-5(2,3)4/h1H;;;;(H2,1,2,3,4)/q;+2;2*+1;/p-3. The maximum atomic E-state index is 8.52. The van der Waals surface area contributed by atoms with Crippen LogP contribution in [0, 0.1) is 0 Å². The molecule has 0 saturated carbocycles. The summed E-state index contributed by atoms with van der Waals surface area (Å²) in [6.45, 7) is 0. The topological polar surface area (TPSA) is 80.3 Å². The van der Waals surface area contributed by atoms with E-state index in [4.69, 9.17) is 17.5 Å². The van der Waals surface area contributed by atoms with Gasteiger partial charge in [0.1, 0.15) is 0 Å². The average molecular weight is 202 g/mol. The molecule has 0 saturated heterocycles. The van der Waals surface area contributed by atoms with E-state index in [0.717, 1.165) is 0 Å². The van der Waals surface area contributed by atoms with E-state index in [9.17, 15) is 0 Å². The predicted octanol–water partition coefficient (Wildman–Crippen LogP) is -10.7. The number of hydrogen-bond donors (Lipinski definition) is 0. The Kier molecular flexibility index (Phi) is 44.6. The molecule has 40 valence electrons. The molecule has 0 aliphatic rings. The zero-order valence-corrected chi connectivity index (χ0v) is 12.1. The molecule has 0 heterocycles. The first-order valence-electron chi connectivity index (χ1n) is 0.667. The fourth-order valence-corrected chi connectivity index (χ4v) is 0. The minimum Gasteiger partial charge on any atom is -1.00 e. The largest absolute Gasteiger partial charge is 2.00 e. The molecular weight excluding hydrogens is 202 g/mol. The molecule has 0 atom stereocenters. The summed E-state index contributed by atoms with van der Waals surface area (Å²) in [5, 5.41) is 0. The molecule has 0 rings (SSSR count). The molecule has 0 aromatic heterocycles. The molecule has 4 nitrogen and oxygen atoms in total. The Morgan fingerprint density at radius 1 is 1.00 bits per heavy atom. The van der Waals surface area contributed by atoms with Crippen LogP contribution < -0.4 is 71.5 Å². The van der Waals surface area contributed by atoms with Crippen molar-refractivity contribution in [2.75, 3.05) is 0 Å². The minimum atomic E-state index is -5.17. The number of rotatable bonds is 0. The summed E-state index contributed by atoms with van der Waals surface area (Å²) in [6.07, 6.45) is 0. The third-order valence-corrected chi connectivity index (χ3v) is 0. The smallest absolute Gasteiger partial charge is 1.00 e. The summed E-state index contributed by atoms with van der Waals surface area (Å²) in [6, 6.07) is 0. The zero-order chi connectivity index (χ0) is 4.50. The Morgan fingerprint density at radius 3 is 1.00 bits per heavy atom. The Hall–Kier alpha value is 2.93. The molecule has 9 heteroatoms. The van der Waals surface area contributed by atoms with Crippen LogP contribution in [0.25, 0.3) is 0 Å². The monoisotopic (exact) mass is 201 g/mol. The Bertz CT molecular complexity index is 102. The van der Waals surface area contributed by atoms with Gasteiger partial charge in [0.15, 0.2) is 0 Å². The van der Waals surface area contributed by atoms with Gasteiger partial charge < -0.3 is 21.5 Å². The second-order valence-electron chi connectivity index (χ2n) is 0.408. The maximum Gasteiger partial charge on any atom is 2.00 e. The first-order chi connectivity index (χ1) is 2.00.